The molecule has 1 unspecified atom stereocenters. The Morgan fingerprint density at radius 1 is 1.20 bits per heavy atom. The van der Waals surface area contributed by atoms with Crippen LogP contribution in [0.1, 0.15) is 47.0 Å². The van der Waals surface area contributed by atoms with E-state index in [1.54, 1.807) is 27.7 Å². The molecule has 0 bridgehead atoms. The summed E-state index contributed by atoms with van der Waals surface area (Å²) in [6, 6.07) is -0.733. The summed E-state index contributed by atoms with van der Waals surface area (Å²) in [5.41, 5.74) is -0.545. The number of aliphatic carboxylic acids is 1. The van der Waals surface area contributed by atoms with E-state index in [0.29, 0.717) is 19.3 Å². The van der Waals surface area contributed by atoms with Crippen LogP contribution in [-0.4, -0.2) is 35.0 Å². The fourth-order valence-electron chi connectivity index (χ4n) is 2.14. The highest BCUT2D eigenvalue weighted by atomic mass is 16.4. The van der Waals surface area contributed by atoms with Gasteiger partial charge in [-0.15, -0.1) is 0 Å². The van der Waals surface area contributed by atoms with Crippen LogP contribution in [0.3, 0.4) is 0 Å². The van der Waals surface area contributed by atoms with Gasteiger partial charge in [0.25, 0.3) is 0 Å². The number of nitrogens with one attached hydrogen (secondary N) is 2. The summed E-state index contributed by atoms with van der Waals surface area (Å²) in [5.74, 6) is -1.63. The molecule has 0 aromatic carbocycles. The van der Waals surface area contributed by atoms with Gasteiger partial charge in [-0.3, -0.25) is 14.4 Å². The Labute approximate surface area is 119 Å². The molecule has 0 radical (unpaired) electrons. The number of carboxylic acid groups (broad SMARTS) is 1. The number of carbonyl (C=O) groups is 3. The molecule has 3 N–H and O–H groups in total. The molecule has 0 saturated heterocycles. The molecule has 0 spiro atoms. The Hall–Kier alpha value is -1.59. The van der Waals surface area contributed by atoms with Crippen molar-refractivity contribution in [3.8, 4) is 0 Å². The van der Waals surface area contributed by atoms with Crippen molar-refractivity contribution in [1.82, 2.24) is 10.6 Å². The van der Waals surface area contributed by atoms with Gasteiger partial charge in [-0.1, -0.05) is 20.8 Å². The van der Waals surface area contributed by atoms with Gasteiger partial charge in [0.15, 0.2) is 0 Å². The van der Waals surface area contributed by atoms with E-state index >= 15 is 0 Å². The molecule has 1 aliphatic rings. The Kier molecular flexibility index (Phi) is 5.14. The second kappa shape index (κ2) is 6.24. The summed E-state index contributed by atoms with van der Waals surface area (Å²) >= 11 is 0. The third-order valence-electron chi connectivity index (χ3n) is 3.55. The highest BCUT2D eigenvalue weighted by Gasteiger charge is 2.32. The van der Waals surface area contributed by atoms with Crippen LogP contribution in [0, 0.1) is 11.3 Å². The highest BCUT2D eigenvalue weighted by molar-refractivity contribution is 5.89. The summed E-state index contributed by atoms with van der Waals surface area (Å²) in [7, 11) is 0. The van der Waals surface area contributed by atoms with Gasteiger partial charge in [-0.05, 0) is 26.2 Å². The van der Waals surface area contributed by atoms with Crippen LogP contribution in [0.5, 0.6) is 0 Å². The summed E-state index contributed by atoms with van der Waals surface area (Å²) in [6.07, 6.45) is 1.71. The fraction of sp³-hybridized carbons (Fsp3) is 0.786. The van der Waals surface area contributed by atoms with E-state index in [0.717, 1.165) is 0 Å². The van der Waals surface area contributed by atoms with Crippen LogP contribution in [-0.2, 0) is 14.4 Å². The molecule has 1 fully saturated rings. The van der Waals surface area contributed by atoms with Gasteiger partial charge >= 0.3 is 5.97 Å². The van der Waals surface area contributed by atoms with Gasteiger partial charge in [-0.2, -0.15) is 0 Å². The van der Waals surface area contributed by atoms with E-state index in [9.17, 15) is 14.4 Å². The quantitative estimate of drug-likeness (QED) is 0.715. The topological polar surface area (TPSA) is 95.5 Å². The smallest absolute Gasteiger partial charge is 0.306 e. The number of hydrogen-bond acceptors (Lipinski definition) is 3. The Morgan fingerprint density at radius 2 is 1.80 bits per heavy atom. The molecule has 3 atom stereocenters. The third-order valence-corrected chi connectivity index (χ3v) is 3.55. The van der Waals surface area contributed by atoms with Crippen LogP contribution < -0.4 is 10.6 Å². The predicted octanol–water partition coefficient (Wildman–Crippen LogP) is 0.907. The van der Waals surface area contributed by atoms with Crippen molar-refractivity contribution >= 4 is 17.8 Å². The number of carboxylic acids is 1. The fourth-order valence-corrected chi connectivity index (χ4v) is 2.14. The Balaban J connectivity index is 2.43. The van der Waals surface area contributed by atoms with E-state index in [1.807, 2.05) is 0 Å². The first-order valence-corrected chi connectivity index (χ1v) is 6.95. The molecule has 20 heavy (non-hydrogen) atoms. The summed E-state index contributed by atoms with van der Waals surface area (Å²) < 4.78 is 0. The molecule has 6 heteroatoms. The Morgan fingerprint density at radius 3 is 2.25 bits per heavy atom. The molecule has 1 aliphatic carbocycles. The summed E-state index contributed by atoms with van der Waals surface area (Å²) in [6.45, 7) is 6.97. The Bertz CT molecular complexity index is 400. The van der Waals surface area contributed by atoms with E-state index in [-0.39, 0.29) is 23.8 Å². The normalized spacial score (nSPS) is 24.0. The standard InChI is InChI=1S/C14H24N2O4/c1-8(15-13(20)14(2,3)4)11(17)16-10-6-5-9(7-10)12(18)19/h8-10H,5-7H2,1-4H3,(H,15,20)(H,16,17)(H,18,19)/t8?,9-,10+/m1/s1. The number of hydrogen-bond donors (Lipinski definition) is 3. The van der Waals surface area contributed by atoms with Gasteiger partial charge in [-0.25, -0.2) is 0 Å². The van der Waals surface area contributed by atoms with E-state index < -0.39 is 17.4 Å². The first kappa shape index (κ1) is 16.5. The van der Waals surface area contributed by atoms with Crippen LogP contribution in [0.4, 0.5) is 0 Å². The summed E-state index contributed by atoms with van der Waals surface area (Å²) in [5, 5.41) is 14.4. The van der Waals surface area contributed by atoms with Crippen molar-refractivity contribution in [1.29, 1.82) is 0 Å². The van der Waals surface area contributed by atoms with E-state index in [2.05, 4.69) is 10.6 Å². The molecule has 1 saturated carbocycles. The molecule has 2 amide bonds. The van der Waals surface area contributed by atoms with Gasteiger partial charge < -0.3 is 15.7 Å². The lowest BCUT2D eigenvalue weighted by molar-refractivity contribution is -0.141. The molecule has 0 aromatic rings. The average Bonchev–Trinajstić information content (AvgIpc) is 2.76. The zero-order chi connectivity index (χ0) is 15.5. The van der Waals surface area contributed by atoms with Crippen molar-refractivity contribution in [2.24, 2.45) is 11.3 Å². The maximum atomic E-state index is 12.0. The van der Waals surface area contributed by atoms with Crippen molar-refractivity contribution in [2.75, 3.05) is 0 Å². The highest BCUT2D eigenvalue weighted by Crippen LogP contribution is 2.25. The molecular formula is C14H24N2O4. The van der Waals surface area contributed by atoms with Crippen molar-refractivity contribution in [3.05, 3.63) is 0 Å². The zero-order valence-corrected chi connectivity index (χ0v) is 12.5. The lowest BCUT2D eigenvalue weighted by Gasteiger charge is -2.22. The SMILES string of the molecule is CC(NC(=O)C(C)(C)C)C(=O)N[C@H]1CC[C@@H](C(=O)O)C1. The molecule has 114 valence electrons. The van der Waals surface area contributed by atoms with Gasteiger partial charge in [0.2, 0.25) is 11.8 Å². The minimum Gasteiger partial charge on any atom is -0.481 e. The zero-order valence-electron chi connectivity index (χ0n) is 12.5. The lowest BCUT2D eigenvalue weighted by Crippen LogP contribution is -2.50. The number of amides is 2. The molecular weight excluding hydrogens is 260 g/mol. The van der Waals surface area contributed by atoms with E-state index in [1.165, 1.54) is 0 Å². The van der Waals surface area contributed by atoms with E-state index in [4.69, 9.17) is 5.11 Å². The number of carbonyl (C=O) groups excluding carboxylic acids is 2. The van der Waals surface area contributed by atoms with Crippen molar-refractivity contribution in [2.45, 2.75) is 59.0 Å². The van der Waals surface area contributed by atoms with Crippen LogP contribution in [0.25, 0.3) is 0 Å². The second-order valence-corrected chi connectivity index (χ2v) is 6.50. The van der Waals surface area contributed by atoms with Gasteiger partial charge in [0.05, 0.1) is 5.92 Å². The average molecular weight is 284 g/mol. The molecule has 6 nitrogen and oxygen atoms in total. The van der Waals surface area contributed by atoms with Crippen molar-refractivity contribution < 1.29 is 19.5 Å². The maximum Gasteiger partial charge on any atom is 0.306 e. The second-order valence-electron chi connectivity index (χ2n) is 6.50. The first-order valence-electron chi connectivity index (χ1n) is 6.95. The minimum absolute atomic E-state index is 0.113. The van der Waals surface area contributed by atoms with Crippen LogP contribution >= 0.6 is 0 Å². The lowest BCUT2D eigenvalue weighted by atomic mass is 9.95. The van der Waals surface area contributed by atoms with Crippen LogP contribution in [0.2, 0.25) is 0 Å². The van der Waals surface area contributed by atoms with Gasteiger partial charge in [0, 0.05) is 11.5 Å². The molecule has 0 aliphatic heterocycles. The van der Waals surface area contributed by atoms with Gasteiger partial charge in [0.1, 0.15) is 6.04 Å². The third kappa shape index (κ3) is 4.51. The minimum atomic E-state index is -0.809. The molecule has 0 aromatic heterocycles. The predicted molar refractivity (Wildman–Crippen MR) is 74.0 cm³/mol. The first-order chi connectivity index (χ1) is 9.11. The molecule has 0 heterocycles. The van der Waals surface area contributed by atoms with Crippen LogP contribution in [0.15, 0.2) is 0 Å². The monoisotopic (exact) mass is 284 g/mol. The summed E-state index contributed by atoms with van der Waals surface area (Å²) in [4.78, 5) is 34.6. The molecule has 1 rings (SSSR count). The largest absolute Gasteiger partial charge is 0.481 e. The number of rotatable bonds is 4. The maximum absolute atomic E-state index is 12.0. The van der Waals surface area contributed by atoms with Crippen molar-refractivity contribution in [3.63, 3.8) is 0 Å².